The van der Waals surface area contributed by atoms with Crippen LogP contribution in [0.4, 0.5) is 0 Å². The molecule has 28 heavy (non-hydrogen) atoms. The summed E-state index contributed by atoms with van der Waals surface area (Å²) in [5.74, 6) is 0.195. The largest absolute Gasteiger partial charge is 0.388 e. The molecule has 0 aromatic heterocycles. The molecule has 0 saturated heterocycles. The average Bonchev–Trinajstić information content (AvgIpc) is 2.65. The quantitative estimate of drug-likeness (QED) is 0.526. The second-order valence-corrected chi connectivity index (χ2v) is 9.90. The molecular weight excluding hydrogens is 360 g/mol. The number of allylic oxidation sites excluding steroid dienone is 5. The van der Waals surface area contributed by atoms with Gasteiger partial charge in [0.2, 0.25) is 0 Å². The average molecular weight is 399 g/mol. The molecule has 0 saturated carbocycles. The molecule has 154 valence electrons. The van der Waals surface area contributed by atoms with E-state index in [1.54, 1.807) is 11.8 Å². The molecule has 2 heteroatoms. The predicted molar refractivity (Wildman–Crippen MR) is 125 cm³/mol. The zero-order valence-electron chi connectivity index (χ0n) is 18.4. The highest BCUT2D eigenvalue weighted by Gasteiger charge is 2.39. The lowest BCUT2D eigenvalue weighted by Crippen LogP contribution is -2.44. The standard InChI is InChI=1S/C26H38OS/c1-20(2)26(27)18-17-22(4)13-9-11-21(3)12-10-14-23(5)19-25(26)28-24-15-7-6-8-16-24/h6-8,12-13,15-16,19-20,25,27H,9-11,14,17-18H2,1-5H3/b21-12+,22-13+,23-19+. The van der Waals surface area contributed by atoms with Crippen LogP contribution >= 0.6 is 11.8 Å². The molecule has 1 N–H and O–H groups in total. The van der Waals surface area contributed by atoms with Crippen LogP contribution in [0.25, 0.3) is 0 Å². The molecule has 0 spiro atoms. The summed E-state index contributed by atoms with van der Waals surface area (Å²) in [6.07, 6.45) is 13.2. The summed E-state index contributed by atoms with van der Waals surface area (Å²) in [6, 6.07) is 10.5. The minimum absolute atomic E-state index is 0.0516. The summed E-state index contributed by atoms with van der Waals surface area (Å²) in [6.45, 7) is 11.0. The van der Waals surface area contributed by atoms with Crippen LogP contribution in [-0.4, -0.2) is 16.0 Å². The van der Waals surface area contributed by atoms with Crippen LogP contribution in [0, 0.1) is 5.92 Å². The molecule has 0 radical (unpaired) electrons. The first-order valence-electron chi connectivity index (χ1n) is 10.7. The Labute approximate surface area is 177 Å². The van der Waals surface area contributed by atoms with E-state index in [1.165, 1.54) is 21.6 Å². The maximum absolute atomic E-state index is 11.9. The Morgan fingerprint density at radius 1 is 0.893 bits per heavy atom. The molecule has 2 atom stereocenters. The third-order valence-corrected chi connectivity index (χ3v) is 7.26. The van der Waals surface area contributed by atoms with E-state index < -0.39 is 5.60 Å². The summed E-state index contributed by atoms with van der Waals surface area (Å²) in [5.41, 5.74) is 3.53. The Morgan fingerprint density at radius 2 is 1.46 bits per heavy atom. The highest BCUT2D eigenvalue weighted by Crippen LogP contribution is 2.40. The Bertz CT molecular complexity index is 698. The van der Waals surface area contributed by atoms with Crippen LogP contribution in [-0.2, 0) is 0 Å². The molecular formula is C26H38OS. The summed E-state index contributed by atoms with van der Waals surface area (Å²) in [4.78, 5) is 1.22. The van der Waals surface area contributed by atoms with Crippen molar-refractivity contribution >= 4 is 11.8 Å². The third kappa shape index (κ3) is 6.97. The second kappa shape index (κ2) is 11.1. The van der Waals surface area contributed by atoms with Gasteiger partial charge in [-0.3, -0.25) is 0 Å². The van der Waals surface area contributed by atoms with Crippen LogP contribution in [0.1, 0.15) is 73.1 Å². The summed E-state index contributed by atoms with van der Waals surface area (Å²) in [7, 11) is 0. The van der Waals surface area contributed by atoms with Gasteiger partial charge in [-0.2, -0.15) is 0 Å². The van der Waals surface area contributed by atoms with E-state index in [2.05, 4.69) is 83.2 Å². The van der Waals surface area contributed by atoms with Crippen molar-refractivity contribution in [2.24, 2.45) is 5.92 Å². The lowest BCUT2D eigenvalue weighted by atomic mass is 9.81. The zero-order chi connectivity index (χ0) is 20.6. The van der Waals surface area contributed by atoms with Crippen LogP contribution in [0.15, 0.2) is 70.2 Å². The predicted octanol–water partition coefficient (Wildman–Crippen LogP) is 7.73. The van der Waals surface area contributed by atoms with Crippen molar-refractivity contribution in [1.29, 1.82) is 0 Å². The maximum atomic E-state index is 11.9. The molecule has 2 rings (SSSR count). The van der Waals surface area contributed by atoms with Crippen molar-refractivity contribution in [2.45, 2.75) is 88.9 Å². The van der Waals surface area contributed by atoms with Crippen molar-refractivity contribution in [2.75, 3.05) is 0 Å². The van der Waals surface area contributed by atoms with Gasteiger partial charge in [-0.25, -0.2) is 0 Å². The fourth-order valence-corrected chi connectivity index (χ4v) is 5.22. The Kier molecular flexibility index (Phi) is 9.11. The molecule has 0 heterocycles. The number of rotatable bonds is 3. The Hall–Kier alpha value is -1.25. The lowest BCUT2D eigenvalue weighted by Gasteiger charge is -2.39. The molecule has 2 unspecified atom stereocenters. The molecule has 0 fully saturated rings. The first-order valence-corrected chi connectivity index (χ1v) is 11.6. The zero-order valence-corrected chi connectivity index (χ0v) is 19.2. The maximum Gasteiger partial charge on any atom is 0.0830 e. The van der Waals surface area contributed by atoms with Gasteiger partial charge < -0.3 is 5.11 Å². The Balaban J connectivity index is 2.38. The second-order valence-electron chi connectivity index (χ2n) is 8.69. The fraction of sp³-hybridized carbons (Fsp3) is 0.538. The number of aliphatic hydroxyl groups is 1. The highest BCUT2D eigenvalue weighted by molar-refractivity contribution is 8.00. The number of hydrogen-bond acceptors (Lipinski definition) is 2. The van der Waals surface area contributed by atoms with Crippen LogP contribution < -0.4 is 0 Å². The molecule has 0 aliphatic heterocycles. The summed E-state index contributed by atoms with van der Waals surface area (Å²) in [5, 5.41) is 11.9. The van der Waals surface area contributed by atoms with Gasteiger partial charge in [0.05, 0.1) is 10.9 Å². The van der Waals surface area contributed by atoms with Crippen LogP contribution in [0.2, 0.25) is 0 Å². The molecule has 0 bridgehead atoms. The van der Waals surface area contributed by atoms with E-state index in [1.807, 2.05) is 0 Å². The number of hydrogen-bond donors (Lipinski definition) is 1. The van der Waals surface area contributed by atoms with Gasteiger partial charge in [0, 0.05) is 4.90 Å². The minimum atomic E-state index is -0.729. The summed E-state index contributed by atoms with van der Waals surface area (Å²) < 4.78 is 0. The van der Waals surface area contributed by atoms with Crippen molar-refractivity contribution in [1.82, 2.24) is 0 Å². The van der Waals surface area contributed by atoms with Crippen LogP contribution in [0.3, 0.4) is 0 Å². The molecule has 0 amide bonds. The van der Waals surface area contributed by atoms with E-state index in [9.17, 15) is 5.11 Å². The minimum Gasteiger partial charge on any atom is -0.388 e. The molecule has 1 aromatic rings. The number of thioether (sulfide) groups is 1. The van der Waals surface area contributed by atoms with Gasteiger partial charge in [0.1, 0.15) is 0 Å². The monoisotopic (exact) mass is 398 g/mol. The van der Waals surface area contributed by atoms with Gasteiger partial charge >= 0.3 is 0 Å². The van der Waals surface area contributed by atoms with E-state index in [4.69, 9.17) is 0 Å². The Morgan fingerprint density at radius 3 is 2.07 bits per heavy atom. The van der Waals surface area contributed by atoms with E-state index in [0.29, 0.717) is 0 Å². The van der Waals surface area contributed by atoms with Gasteiger partial charge in [-0.15, -0.1) is 11.8 Å². The third-order valence-electron chi connectivity index (χ3n) is 5.92. The molecule has 1 aliphatic rings. The van der Waals surface area contributed by atoms with Gasteiger partial charge in [0.25, 0.3) is 0 Å². The smallest absolute Gasteiger partial charge is 0.0830 e. The summed E-state index contributed by atoms with van der Waals surface area (Å²) >= 11 is 1.80. The van der Waals surface area contributed by atoms with Gasteiger partial charge in [0.15, 0.2) is 0 Å². The highest BCUT2D eigenvalue weighted by atomic mass is 32.2. The van der Waals surface area contributed by atoms with Gasteiger partial charge in [-0.05, 0) is 77.3 Å². The van der Waals surface area contributed by atoms with E-state index >= 15 is 0 Å². The van der Waals surface area contributed by atoms with E-state index in [0.717, 1.165) is 38.5 Å². The SMILES string of the molecule is C/C1=C\CC/C(C)=C/C(Sc2ccccc2)C(O)(C(C)C)CC/C(C)=C/CC1. The van der Waals surface area contributed by atoms with E-state index in [-0.39, 0.29) is 11.2 Å². The lowest BCUT2D eigenvalue weighted by molar-refractivity contribution is -0.00510. The number of benzene rings is 1. The first kappa shape index (κ1) is 23.0. The van der Waals surface area contributed by atoms with Crippen molar-refractivity contribution in [3.8, 4) is 0 Å². The van der Waals surface area contributed by atoms with Gasteiger partial charge in [-0.1, -0.05) is 67.0 Å². The van der Waals surface area contributed by atoms with Crippen molar-refractivity contribution in [3.05, 3.63) is 65.3 Å². The fourth-order valence-electron chi connectivity index (χ4n) is 3.72. The molecule has 1 nitrogen and oxygen atoms in total. The van der Waals surface area contributed by atoms with Crippen molar-refractivity contribution in [3.63, 3.8) is 0 Å². The normalized spacial score (nSPS) is 31.1. The molecule has 1 aromatic carbocycles. The van der Waals surface area contributed by atoms with Crippen molar-refractivity contribution < 1.29 is 5.11 Å². The topological polar surface area (TPSA) is 20.2 Å². The first-order chi connectivity index (χ1) is 13.3. The van der Waals surface area contributed by atoms with Crippen LogP contribution in [0.5, 0.6) is 0 Å². The molecule has 1 aliphatic carbocycles.